The molecule has 98 valence electrons. The lowest BCUT2D eigenvalue weighted by molar-refractivity contribution is 0.403. The van der Waals surface area contributed by atoms with Crippen LogP contribution >= 0.6 is 11.3 Å². The Bertz CT molecular complexity index is 492. The van der Waals surface area contributed by atoms with Crippen molar-refractivity contribution in [3.63, 3.8) is 0 Å². The lowest BCUT2D eigenvalue weighted by Gasteiger charge is -2.15. The number of hydrogen-bond acceptors (Lipinski definition) is 4. The SMILES string of the molecule is CNC(CCc1cnn(C)c1)c1sccc1OC. The van der Waals surface area contributed by atoms with Crippen LogP contribution < -0.4 is 10.1 Å². The summed E-state index contributed by atoms with van der Waals surface area (Å²) >= 11 is 1.74. The van der Waals surface area contributed by atoms with Crippen molar-refractivity contribution in [1.29, 1.82) is 0 Å². The Balaban J connectivity index is 2.01. The standard InChI is InChI=1S/C13H19N3OS/c1-14-11(13-12(17-3)6-7-18-13)5-4-10-8-15-16(2)9-10/h6-9,11,14H,4-5H2,1-3H3. The van der Waals surface area contributed by atoms with Gasteiger partial charge in [0.05, 0.1) is 18.2 Å². The van der Waals surface area contributed by atoms with E-state index in [1.165, 1.54) is 10.4 Å². The molecule has 4 nitrogen and oxygen atoms in total. The van der Waals surface area contributed by atoms with Crippen molar-refractivity contribution in [1.82, 2.24) is 15.1 Å². The second kappa shape index (κ2) is 6.02. The maximum Gasteiger partial charge on any atom is 0.134 e. The first-order valence-electron chi connectivity index (χ1n) is 6.00. The normalized spacial score (nSPS) is 12.6. The molecule has 2 aromatic heterocycles. The van der Waals surface area contributed by atoms with Gasteiger partial charge in [-0.2, -0.15) is 5.10 Å². The number of nitrogens with one attached hydrogen (secondary N) is 1. The largest absolute Gasteiger partial charge is 0.496 e. The van der Waals surface area contributed by atoms with Gasteiger partial charge in [0, 0.05) is 19.3 Å². The molecule has 2 rings (SSSR count). The molecule has 2 heterocycles. The number of rotatable bonds is 6. The fourth-order valence-corrected chi connectivity index (χ4v) is 3.06. The van der Waals surface area contributed by atoms with Gasteiger partial charge in [-0.15, -0.1) is 11.3 Å². The molecule has 1 atom stereocenters. The summed E-state index contributed by atoms with van der Waals surface area (Å²) in [7, 11) is 5.66. The van der Waals surface area contributed by atoms with Crippen molar-refractivity contribution in [2.45, 2.75) is 18.9 Å². The molecular weight excluding hydrogens is 246 g/mol. The summed E-state index contributed by atoms with van der Waals surface area (Å²) in [6.07, 6.45) is 6.05. The summed E-state index contributed by atoms with van der Waals surface area (Å²) in [5.74, 6) is 0.977. The molecule has 1 N–H and O–H groups in total. The molecule has 0 aromatic carbocycles. The number of methoxy groups -OCH3 is 1. The molecule has 0 saturated carbocycles. The maximum absolute atomic E-state index is 5.38. The molecule has 0 amide bonds. The van der Waals surface area contributed by atoms with Crippen LogP contribution in [-0.4, -0.2) is 23.9 Å². The van der Waals surface area contributed by atoms with Crippen molar-refractivity contribution >= 4 is 11.3 Å². The third kappa shape index (κ3) is 2.91. The highest BCUT2D eigenvalue weighted by atomic mass is 32.1. The zero-order valence-electron chi connectivity index (χ0n) is 11.0. The maximum atomic E-state index is 5.38. The molecule has 0 saturated heterocycles. The third-order valence-electron chi connectivity index (χ3n) is 3.02. The van der Waals surface area contributed by atoms with Crippen molar-refractivity contribution in [2.24, 2.45) is 7.05 Å². The lowest BCUT2D eigenvalue weighted by atomic mass is 10.1. The van der Waals surface area contributed by atoms with E-state index < -0.39 is 0 Å². The van der Waals surface area contributed by atoms with E-state index in [0.29, 0.717) is 6.04 Å². The van der Waals surface area contributed by atoms with Crippen LogP contribution in [0.3, 0.4) is 0 Å². The monoisotopic (exact) mass is 265 g/mol. The summed E-state index contributed by atoms with van der Waals surface area (Å²) in [6, 6.07) is 2.36. The van der Waals surface area contributed by atoms with E-state index >= 15 is 0 Å². The summed E-state index contributed by atoms with van der Waals surface area (Å²) in [5, 5.41) is 9.62. The molecule has 0 radical (unpaired) electrons. The number of thiophene rings is 1. The van der Waals surface area contributed by atoms with Gasteiger partial charge in [0.2, 0.25) is 0 Å². The first-order valence-corrected chi connectivity index (χ1v) is 6.88. The van der Waals surface area contributed by atoms with Gasteiger partial charge >= 0.3 is 0 Å². The van der Waals surface area contributed by atoms with E-state index in [4.69, 9.17) is 4.74 Å². The average molecular weight is 265 g/mol. The van der Waals surface area contributed by atoms with Gasteiger partial charge in [-0.1, -0.05) is 0 Å². The summed E-state index contributed by atoms with van der Waals surface area (Å²) < 4.78 is 7.22. The Labute approximate surface area is 112 Å². The quantitative estimate of drug-likeness (QED) is 0.871. The Kier molecular flexibility index (Phi) is 4.38. The van der Waals surface area contributed by atoms with E-state index in [9.17, 15) is 0 Å². The second-order valence-corrected chi connectivity index (χ2v) is 5.20. The minimum Gasteiger partial charge on any atom is -0.496 e. The highest BCUT2D eigenvalue weighted by molar-refractivity contribution is 7.10. The van der Waals surface area contributed by atoms with Crippen LogP contribution in [-0.2, 0) is 13.5 Å². The molecule has 18 heavy (non-hydrogen) atoms. The van der Waals surface area contributed by atoms with Gasteiger partial charge in [0.25, 0.3) is 0 Å². The van der Waals surface area contributed by atoms with Crippen LogP contribution in [0.25, 0.3) is 0 Å². The number of ether oxygens (including phenoxy) is 1. The van der Waals surface area contributed by atoms with Crippen molar-refractivity contribution in [3.05, 3.63) is 34.3 Å². The summed E-state index contributed by atoms with van der Waals surface area (Å²) in [4.78, 5) is 1.27. The fraction of sp³-hybridized carbons (Fsp3) is 0.462. The van der Waals surface area contributed by atoms with Crippen LogP contribution in [0.1, 0.15) is 22.9 Å². The second-order valence-electron chi connectivity index (χ2n) is 4.26. The first-order chi connectivity index (χ1) is 8.74. The molecule has 0 aliphatic carbocycles. The minimum absolute atomic E-state index is 0.333. The number of nitrogens with zero attached hydrogens (tertiary/aromatic N) is 2. The molecule has 0 bridgehead atoms. The van der Waals surface area contributed by atoms with Gasteiger partial charge in [-0.05, 0) is 36.9 Å². The number of aryl methyl sites for hydroxylation is 2. The number of hydrogen-bond donors (Lipinski definition) is 1. The van der Waals surface area contributed by atoms with Gasteiger partial charge in [-0.3, -0.25) is 4.68 Å². The zero-order valence-corrected chi connectivity index (χ0v) is 11.8. The molecule has 0 aliphatic rings. The topological polar surface area (TPSA) is 39.1 Å². The lowest BCUT2D eigenvalue weighted by Crippen LogP contribution is -2.16. The van der Waals surface area contributed by atoms with E-state index in [0.717, 1.165) is 18.6 Å². The molecule has 0 aliphatic heterocycles. The van der Waals surface area contributed by atoms with Gasteiger partial charge in [0.15, 0.2) is 0 Å². The summed E-state index contributed by atoms with van der Waals surface area (Å²) in [6.45, 7) is 0. The van der Waals surface area contributed by atoms with Crippen molar-refractivity contribution < 1.29 is 4.74 Å². The highest BCUT2D eigenvalue weighted by Gasteiger charge is 2.16. The summed E-state index contributed by atoms with van der Waals surface area (Å²) in [5.41, 5.74) is 1.27. The zero-order chi connectivity index (χ0) is 13.0. The molecule has 0 fully saturated rings. The predicted molar refractivity (Wildman–Crippen MR) is 74.2 cm³/mol. The fourth-order valence-electron chi connectivity index (χ4n) is 2.05. The number of aromatic nitrogens is 2. The van der Waals surface area contributed by atoms with Gasteiger partial charge in [-0.25, -0.2) is 0 Å². The van der Waals surface area contributed by atoms with Crippen LogP contribution in [0.15, 0.2) is 23.8 Å². The van der Waals surface area contributed by atoms with E-state index in [1.807, 2.05) is 31.0 Å². The van der Waals surface area contributed by atoms with E-state index in [1.54, 1.807) is 18.4 Å². The van der Waals surface area contributed by atoms with Gasteiger partial charge < -0.3 is 10.1 Å². The first kappa shape index (κ1) is 13.1. The van der Waals surface area contributed by atoms with Crippen molar-refractivity contribution in [2.75, 3.05) is 14.2 Å². The molecule has 1 unspecified atom stereocenters. The van der Waals surface area contributed by atoms with Crippen LogP contribution in [0, 0.1) is 0 Å². The molecule has 2 aromatic rings. The van der Waals surface area contributed by atoms with E-state index in [-0.39, 0.29) is 0 Å². The molecule has 0 spiro atoms. The minimum atomic E-state index is 0.333. The van der Waals surface area contributed by atoms with Gasteiger partial charge in [0.1, 0.15) is 5.75 Å². The van der Waals surface area contributed by atoms with Crippen molar-refractivity contribution in [3.8, 4) is 5.75 Å². The van der Waals surface area contributed by atoms with E-state index in [2.05, 4.69) is 22.0 Å². The van der Waals surface area contributed by atoms with Crippen LogP contribution in [0.2, 0.25) is 0 Å². The Morgan fingerprint density at radius 2 is 2.39 bits per heavy atom. The predicted octanol–water partition coefficient (Wildman–Crippen LogP) is 2.38. The Hall–Kier alpha value is -1.33. The Morgan fingerprint density at radius 3 is 3.00 bits per heavy atom. The molecule has 5 heteroatoms. The van der Waals surface area contributed by atoms with Crippen LogP contribution in [0.4, 0.5) is 0 Å². The molecular formula is C13H19N3OS. The Morgan fingerprint density at radius 1 is 1.56 bits per heavy atom. The average Bonchev–Trinajstić information content (AvgIpc) is 2.99. The van der Waals surface area contributed by atoms with Crippen LogP contribution in [0.5, 0.6) is 5.75 Å². The smallest absolute Gasteiger partial charge is 0.134 e. The highest BCUT2D eigenvalue weighted by Crippen LogP contribution is 2.32. The third-order valence-corrected chi connectivity index (χ3v) is 4.03.